The van der Waals surface area contributed by atoms with Gasteiger partial charge in [-0.15, -0.1) is 0 Å². The van der Waals surface area contributed by atoms with Gasteiger partial charge < -0.3 is 20.1 Å². The number of likely N-dealkylation sites (N-methyl/N-ethyl adjacent to an activating group) is 1. The molecule has 0 atom stereocenters. The zero-order valence-electron chi connectivity index (χ0n) is 20.3. The first-order chi connectivity index (χ1) is 16.2. The summed E-state index contributed by atoms with van der Waals surface area (Å²) in [5, 5.41) is 5.45. The molecule has 10 heteroatoms. The lowest BCUT2D eigenvalue weighted by Gasteiger charge is -2.20. The number of ether oxygens (including phenoxy) is 2. The van der Waals surface area contributed by atoms with E-state index in [-0.39, 0.29) is 29.5 Å². The van der Waals surface area contributed by atoms with Crippen LogP contribution in [-0.4, -0.2) is 57.9 Å². The maximum absolute atomic E-state index is 12.9. The molecular weight excluding hydrogens is 458 g/mol. The number of amides is 2. The molecule has 0 fully saturated rings. The predicted molar refractivity (Wildman–Crippen MR) is 130 cm³/mol. The number of nitrogens with zero attached hydrogens (tertiary/aromatic N) is 1. The molecule has 2 N–H and O–H groups in total. The minimum Gasteiger partial charge on any atom is -0.493 e. The van der Waals surface area contributed by atoms with E-state index < -0.39 is 15.9 Å². The van der Waals surface area contributed by atoms with Gasteiger partial charge in [0.25, 0.3) is 11.8 Å². The van der Waals surface area contributed by atoms with Crippen molar-refractivity contribution < 1.29 is 27.5 Å². The molecule has 0 heterocycles. The number of nitrogens with one attached hydrogen (secondary N) is 2. The summed E-state index contributed by atoms with van der Waals surface area (Å²) in [4.78, 5) is 24.5. The van der Waals surface area contributed by atoms with Gasteiger partial charge in [0.2, 0.25) is 10.0 Å². The minimum atomic E-state index is -3.69. The van der Waals surface area contributed by atoms with Crippen LogP contribution in [0.2, 0.25) is 0 Å². The molecule has 0 unspecified atom stereocenters. The van der Waals surface area contributed by atoms with Gasteiger partial charge in [0.05, 0.1) is 12.0 Å². The van der Waals surface area contributed by atoms with E-state index in [0.717, 1.165) is 5.56 Å². The highest BCUT2D eigenvalue weighted by Gasteiger charge is 2.24. The molecule has 0 radical (unpaired) electrons. The van der Waals surface area contributed by atoms with E-state index >= 15 is 0 Å². The molecule has 34 heavy (non-hydrogen) atoms. The van der Waals surface area contributed by atoms with Gasteiger partial charge in [-0.3, -0.25) is 9.59 Å². The highest BCUT2D eigenvalue weighted by Crippen LogP contribution is 2.28. The van der Waals surface area contributed by atoms with Gasteiger partial charge in [-0.1, -0.05) is 26.0 Å². The predicted octanol–water partition coefficient (Wildman–Crippen LogP) is 2.48. The van der Waals surface area contributed by atoms with Gasteiger partial charge in [-0.25, -0.2) is 8.42 Å². The Kier molecular flexibility index (Phi) is 9.88. The van der Waals surface area contributed by atoms with Crippen molar-refractivity contribution in [1.82, 2.24) is 14.9 Å². The summed E-state index contributed by atoms with van der Waals surface area (Å²) in [5.74, 6) is 0.209. The van der Waals surface area contributed by atoms with Crippen LogP contribution in [0.3, 0.4) is 0 Å². The Hall–Kier alpha value is -3.11. The van der Waals surface area contributed by atoms with Gasteiger partial charge in [0, 0.05) is 31.7 Å². The number of carbonyl (C=O) groups excluding carboxylic acids is 2. The van der Waals surface area contributed by atoms with Gasteiger partial charge in [0.15, 0.2) is 18.1 Å². The van der Waals surface area contributed by atoms with Crippen LogP contribution in [-0.2, 0) is 21.4 Å². The van der Waals surface area contributed by atoms with Crippen molar-refractivity contribution in [1.29, 1.82) is 0 Å². The number of benzene rings is 2. The van der Waals surface area contributed by atoms with E-state index in [9.17, 15) is 18.0 Å². The van der Waals surface area contributed by atoms with Crippen LogP contribution < -0.4 is 20.1 Å². The molecule has 9 nitrogen and oxygen atoms in total. The van der Waals surface area contributed by atoms with E-state index in [1.54, 1.807) is 51.1 Å². The second-order valence-corrected chi connectivity index (χ2v) is 9.39. The smallest absolute Gasteiger partial charge is 0.257 e. The Morgan fingerprint density at radius 3 is 2.29 bits per heavy atom. The molecule has 0 aromatic heterocycles. The summed E-state index contributed by atoms with van der Waals surface area (Å²) < 4.78 is 38.1. The molecule has 186 valence electrons. The maximum Gasteiger partial charge on any atom is 0.257 e. The molecule has 0 aliphatic heterocycles. The zero-order chi connectivity index (χ0) is 25.3. The summed E-state index contributed by atoms with van der Waals surface area (Å²) in [5.41, 5.74) is 1.58. The largest absolute Gasteiger partial charge is 0.493 e. The van der Waals surface area contributed by atoms with Crippen LogP contribution in [0.15, 0.2) is 41.3 Å². The summed E-state index contributed by atoms with van der Waals surface area (Å²) in [7, 11) is -2.20. The average Bonchev–Trinajstić information content (AvgIpc) is 2.82. The van der Waals surface area contributed by atoms with Crippen LogP contribution in [0.4, 0.5) is 0 Å². The zero-order valence-corrected chi connectivity index (χ0v) is 21.1. The van der Waals surface area contributed by atoms with Gasteiger partial charge in [-0.05, 0) is 49.2 Å². The summed E-state index contributed by atoms with van der Waals surface area (Å²) in [6, 6.07) is 9.78. The molecular formula is C24H33N3O6S. The molecule has 0 aliphatic carbocycles. The number of hydrogen-bond donors (Lipinski definition) is 2. The number of hydrogen-bond acceptors (Lipinski definition) is 6. The van der Waals surface area contributed by atoms with Gasteiger partial charge in [-0.2, -0.15) is 4.31 Å². The number of carbonyl (C=O) groups is 2. The van der Waals surface area contributed by atoms with Crippen molar-refractivity contribution in [2.75, 3.05) is 33.4 Å². The average molecular weight is 492 g/mol. The molecule has 0 bridgehead atoms. The number of rotatable bonds is 12. The summed E-state index contributed by atoms with van der Waals surface area (Å²) in [6.07, 6.45) is 0. The molecule has 2 amide bonds. The molecule has 0 aliphatic rings. The van der Waals surface area contributed by atoms with Crippen LogP contribution in [0, 0.1) is 6.92 Å². The van der Waals surface area contributed by atoms with E-state index in [4.69, 9.17) is 9.47 Å². The third-order valence-corrected chi connectivity index (χ3v) is 7.38. The van der Waals surface area contributed by atoms with E-state index in [2.05, 4.69) is 10.6 Å². The Morgan fingerprint density at radius 1 is 0.971 bits per heavy atom. The Morgan fingerprint density at radius 2 is 1.68 bits per heavy atom. The fourth-order valence-corrected chi connectivity index (χ4v) is 5.05. The second-order valence-electron chi connectivity index (χ2n) is 7.48. The first kappa shape index (κ1) is 27.1. The van der Waals surface area contributed by atoms with Crippen LogP contribution in [0.5, 0.6) is 11.5 Å². The van der Waals surface area contributed by atoms with Gasteiger partial charge in [0.1, 0.15) is 0 Å². The van der Waals surface area contributed by atoms with E-state index in [0.29, 0.717) is 36.7 Å². The lowest BCUT2D eigenvalue weighted by molar-refractivity contribution is -0.123. The minimum absolute atomic E-state index is 0.124. The van der Waals surface area contributed by atoms with Crippen LogP contribution in [0.25, 0.3) is 0 Å². The third kappa shape index (κ3) is 6.71. The van der Waals surface area contributed by atoms with Crippen LogP contribution in [0.1, 0.15) is 42.3 Å². The van der Waals surface area contributed by atoms with E-state index in [1.165, 1.54) is 17.5 Å². The highest BCUT2D eigenvalue weighted by atomic mass is 32.2. The summed E-state index contributed by atoms with van der Waals surface area (Å²) >= 11 is 0. The third-order valence-electron chi connectivity index (χ3n) is 5.19. The van der Waals surface area contributed by atoms with E-state index in [1.807, 2.05) is 6.92 Å². The molecule has 0 saturated heterocycles. The molecule has 0 saturated carbocycles. The Balaban J connectivity index is 2.13. The quantitative estimate of drug-likeness (QED) is 0.472. The summed E-state index contributed by atoms with van der Waals surface area (Å²) in [6.45, 7) is 8.35. The second kappa shape index (κ2) is 12.4. The molecule has 2 rings (SSSR count). The van der Waals surface area contributed by atoms with Crippen molar-refractivity contribution in [2.24, 2.45) is 0 Å². The number of aryl methyl sites for hydroxylation is 1. The molecule has 2 aromatic rings. The Bertz CT molecular complexity index is 1110. The molecule has 2 aromatic carbocycles. The van der Waals surface area contributed by atoms with Crippen molar-refractivity contribution >= 4 is 21.8 Å². The fraction of sp³-hybridized carbons (Fsp3) is 0.417. The number of sulfonamides is 1. The lowest BCUT2D eigenvalue weighted by atomic mass is 10.1. The first-order valence-electron chi connectivity index (χ1n) is 11.1. The van der Waals surface area contributed by atoms with Crippen molar-refractivity contribution in [3.05, 3.63) is 53.1 Å². The molecule has 0 spiro atoms. The lowest BCUT2D eigenvalue weighted by Crippen LogP contribution is -2.31. The van der Waals surface area contributed by atoms with Crippen molar-refractivity contribution in [3.8, 4) is 11.5 Å². The van der Waals surface area contributed by atoms with Gasteiger partial charge >= 0.3 is 0 Å². The topological polar surface area (TPSA) is 114 Å². The maximum atomic E-state index is 12.9. The SMILES string of the molecule is CCNC(=O)COc1ccc(CNC(=O)c2ccc(C)c(S(=O)(=O)N(CC)CC)c2)cc1OC. The standard InChI is InChI=1S/C24H33N3O6S/c1-6-25-23(28)16-33-20-12-10-18(13-21(20)32-5)15-26-24(29)19-11-9-17(4)22(14-19)34(30,31)27(7-2)8-3/h9-14H,6-8,15-16H2,1-5H3,(H,25,28)(H,26,29). The monoisotopic (exact) mass is 491 g/mol. The normalized spacial score (nSPS) is 11.2. The Labute approximate surface area is 201 Å². The fourth-order valence-electron chi connectivity index (χ4n) is 3.34. The van der Waals surface area contributed by atoms with Crippen molar-refractivity contribution in [2.45, 2.75) is 39.1 Å². The number of methoxy groups -OCH3 is 1. The first-order valence-corrected chi connectivity index (χ1v) is 12.6. The highest BCUT2D eigenvalue weighted by molar-refractivity contribution is 7.89. The van der Waals surface area contributed by atoms with Crippen LogP contribution >= 0.6 is 0 Å². The van der Waals surface area contributed by atoms with Crippen molar-refractivity contribution in [3.63, 3.8) is 0 Å².